The molecule has 0 aromatic heterocycles. The summed E-state index contributed by atoms with van der Waals surface area (Å²) in [7, 11) is 3.32. The van der Waals surface area contributed by atoms with Gasteiger partial charge in [-0.25, -0.2) is 4.79 Å². The second-order valence-electron chi connectivity index (χ2n) is 4.64. The van der Waals surface area contributed by atoms with Crippen molar-refractivity contribution in [2.45, 2.75) is 13.3 Å². The van der Waals surface area contributed by atoms with Gasteiger partial charge in [-0.05, 0) is 18.7 Å². The highest BCUT2D eigenvalue weighted by atomic mass is 16.6. The zero-order valence-electron chi connectivity index (χ0n) is 12.3. The minimum absolute atomic E-state index is 0.0370. The van der Waals surface area contributed by atoms with Gasteiger partial charge < -0.3 is 10.0 Å². The summed E-state index contributed by atoms with van der Waals surface area (Å²) in [5, 5.41) is 31.6. The van der Waals surface area contributed by atoms with E-state index in [9.17, 15) is 30.1 Å². The zero-order valence-corrected chi connectivity index (χ0v) is 12.3. The molecule has 1 aromatic rings. The number of nitro groups is 2. The van der Waals surface area contributed by atoms with Crippen LogP contribution in [0.1, 0.15) is 28.4 Å². The van der Waals surface area contributed by atoms with Crippen LogP contribution in [-0.4, -0.2) is 39.9 Å². The second-order valence-corrected chi connectivity index (χ2v) is 4.64. The van der Waals surface area contributed by atoms with Crippen molar-refractivity contribution in [1.82, 2.24) is 4.90 Å². The first-order chi connectivity index (χ1) is 10.2. The van der Waals surface area contributed by atoms with Crippen molar-refractivity contribution < 1.29 is 19.7 Å². The molecule has 0 heterocycles. The maximum Gasteiger partial charge on any atom is 0.336 e. The van der Waals surface area contributed by atoms with Crippen LogP contribution >= 0.6 is 0 Å². The number of rotatable bonds is 6. The van der Waals surface area contributed by atoms with Crippen LogP contribution in [0.15, 0.2) is 12.3 Å². The zero-order chi connectivity index (χ0) is 17.0. The van der Waals surface area contributed by atoms with Crippen molar-refractivity contribution in [2.24, 2.45) is 0 Å². The molecule has 0 atom stereocenters. The smallest absolute Gasteiger partial charge is 0.336 e. The molecule has 0 radical (unpaired) electrons. The Bertz CT molecular complexity index is 666. The third-order valence-corrected chi connectivity index (χ3v) is 2.92. The maximum atomic E-state index is 11.3. The van der Waals surface area contributed by atoms with Crippen LogP contribution in [0.2, 0.25) is 0 Å². The van der Waals surface area contributed by atoms with Crippen LogP contribution in [-0.2, 0) is 6.42 Å². The molecule has 0 saturated heterocycles. The number of hydrogen-bond acceptors (Lipinski definition) is 6. The molecule has 0 bridgehead atoms. The van der Waals surface area contributed by atoms with Crippen molar-refractivity contribution in [3.05, 3.63) is 49.2 Å². The summed E-state index contributed by atoms with van der Waals surface area (Å²) in [5.74, 6) is -1.47. The van der Waals surface area contributed by atoms with Crippen molar-refractivity contribution >= 4 is 23.4 Å². The maximum absolute atomic E-state index is 11.3. The topological polar surface area (TPSA) is 127 Å². The average molecular weight is 309 g/mol. The fraction of sp³-hybridized carbons (Fsp3) is 0.308. The Labute approximate surface area is 125 Å². The molecule has 0 fully saturated rings. The Morgan fingerprint density at radius 3 is 2.27 bits per heavy atom. The first-order valence-electron chi connectivity index (χ1n) is 6.27. The SMILES string of the molecule is CCc1c([N+](=O)[O-])cc(C(=O)O)c(C=CN(C)C)c1[N+](=O)[O-]. The number of nitrogens with zero attached hydrogens (tertiary/aromatic N) is 3. The first-order valence-corrected chi connectivity index (χ1v) is 6.27. The van der Waals surface area contributed by atoms with Gasteiger partial charge in [-0.2, -0.15) is 0 Å². The average Bonchev–Trinajstić information content (AvgIpc) is 2.42. The molecule has 0 amide bonds. The van der Waals surface area contributed by atoms with Crippen LogP contribution in [0.4, 0.5) is 11.4 Å². The fourth-order valence-electron chi connectivity index (χ4n) is 2.00. The standard InChI is InChI=1S/C13H15N3O6/c1-4-8-11(15(19)20)7-10(13(17)18)9(5-6-14(2)3)12(8)16(21)22/h5-7H,4H2,1-3H3,(H,17,18). The molecule has 0 saturated carbocycles. The number of benzene rings is 1. The predicted molar refractivity (Wildman–Crippen MR) is 78.8 cm³/mol. The molecule has 1 aromatic carbocycles. The van der Waals surface area contributed by atoms with E-state index in [1.165, 1.54) is 19.2 Å². The van der Waals surface area contributed by atoms with Gasteiger partial charge in [0.25, 0.3) is 11.4 Å². The van der Waals surface area contributed by atoms with Gasteiger partial charge in [0.15, 0.2) is 0 Å². The van der Waals surface area contributed by atoms with E-state index in [0.29, 0.717) is 0 Å². The van der Waals surface area contributed by atoms with Crippen LogP contribution in [0.3, 0.4) is 0 Å². The molecule has 0 aliphatic carbocycles. The summed E-state index contributed by atoms with van der Waals surface area (Å²) in [4.78, 5) is 33.7. The van der Waals surface area contributed by atoms with E-state index < -0.39 is 32.8 Å². The number of carboxylic acids is 1. The number of carboxylic acid groups (broad SMARTS) is 1. The molecule has 0 spiro atoms. The Balaban J connectivity index is 3.88. The van der Waals surface area contributed by atoms with Gasteiger partial charge in [0.2, 0.25) is 0 Å². The second kappa shape index (κ2) is 6.66. The molecule has 0 unspecified atom stereocenters. The lowest BCUT2D eigenvalue weighted by Gasteiger charge is -2.09. The van der Waals surface area contributed by atoms with E-state index >= 15 is 0 Å². The Morgan fingerprint density at radius 2 is 1.91 bits per heavy atom. The van der Waals surface area contributed by atoms with Gasteiger partial charge in [0.05, 0.1) is 21.0 Å². The van der Waals surface area contributed by atoms with Crippen molar-refractivity contribution in [2.75, 3.05) is 14.1 Å². The number of aromatic carboxylic acids is 1. The van der Waals surface area contributed by atoms with Gasteiger partial charge in [0, 0.05) is 20.2 Å². The van der Waals surface area contributed by atoms with E-state index in [1.54, 1.807) is 19.0 Å². The van der Waals surface area contributed by atoms with E-state index in [0.717, 1.165) is 6.07 Å². The minimum Gasteiger partial charge on any atom is -0.478 e. The first kappa shape index (κ1) is 17.1. The molecular formula is C13H15N3O6. The molecular weight excluding hydrogens is 294 g/mol. The summed E-state index contributed by atoms with van der Waals surface area (Å²) in [5.41, 5.74) is -1.85. The molecule has 22 heavy (non-hydrogen) atoms. The molecule has 1 N–H and O–H groups in total. The Kier molecular flexibility index (Phi) is 5.17. The highest BCUT2D eigenvalue weighted by molar-refractivity contribution is 5.96. The highest BCUT2D eigenvalue weighted by Gasteiger charge is 2.31. The van der Waals surface area contributed by atoms with E-state index in [1.807, 2.05) is 0 Å². The van der Waals surface area contributed by atoms with Crippen LogP contribution < -0.4 is 0 Å². The van der Waals surface area contributed by atoms with Crippen molar-refractivity contribution in [3.8, 4) is 0 Å². The van der Waals surface area contributed by atoms with Crippen LogP contribution in [0.25, 0.3) is 6.08 Å². The number of hydrogen-bond donors (Lipinski definition) is 1. The lowest BCUT2D eigenvalue weighted by Crippen LogP contribution is -2.09. The van der Waals surface area contributed by atoms with Crippen LogP contribution in [0.5, 0.6) is 0 Å². The minimum atomic E-state index is -1.47. The van der Waals surface area contributed by atoms with E-state index in [-0.39, 0.29) is 17.5 Å². The number of nitro benzene ring substituents is 2. The van der Waals surface area contributed by atoms with Crippen molar-refractivity contribution in [3.63, 3.8) is 0 Å². The highest BCUT2D eigenvalue weighted by Crippen LogP contribution is 2.36. The lowest BCUT2D eigenvalue weighted by molar-refractivity contribution is -0.395. The van der Waals surface area contributed by atoms with E-state index in [4.69, 9.17) is 0 Å². The van der Waals surface area contributed by atoms with E-state index in [2.05, 4.69) is 0 Å². The van der Waals surface area contributed by atoms with Gasteiger partial charge in [-0.3, -0.25) is 20.2 Å². The fourth-order valence-corrected chi connectivity index (χ4v) is 2.00. The summed E-state index contributed by atoms with van der Waals surface area (Å²) >= 11 is 0. The summed E-state index contributed by atoms with van der Waals surface area (Å²) < 4.78 is 0. The van der Waals surface area contributed by atoms with Crippen LogP contribution in [0, 0.1) is 20.2 Å². The molecule has 0 aliphatic heterocycles. The predicted octanol–water partition coefficient (Wildman–Crippen LogP) is 2.30. The summed E-state index contributed by atoms with van der Waals surface area (Å²) in [6.45, 7) is 1.54. The van der Waals surface area contributed by atoms with Gasteiger partial charge >= 0.3 is 5.97 Å². The summed E-state index contributed by atoms with van der Waals surface area (Å²) in [6.07, 6.45) is 2.75. The molecule has 1 rings (SSSR count). The van der Waals surface area contributed by atoms with Gasteiger partial charge in [-0.15, -0.1) is 0 Å². The third kappa shape index (κ3) is 3.37. The molecule has 9 heteroatoms. The summed E-state index contributed by atoms with van der Waals surface area (Å²) in [6, 6.07) is 0.865. The normalized spacial score (nSPS) is 10.7. The van der Waals surface area contributed by atoms with Gasteiger partial charge in [-0.1, -0.05) is 6.92 Å². The lowest BCUT2D eigenvalue weighted by atomic mass is 9.97. The quantitative estimate of drug-likeness (QED) is 0.630. The third-order valence-electron chi connectivity index (χ3n) is 2.92. The monoisotopic (exact) mass is 309 g/mol. The number of carbonyl (C=O) groups is 1. The molecule has 118 valence electrons. The molecule has 0 aliphatic rings. The largest absolute Gasteiger partial charge is 0.478 e. The van der Waals surface area contributed by atoms with Gasteiger partial charge in [0.1, 0.15) is 5.56 Å². The molecule has 9 nitrogen and oxygen atoms in total. The Hall–Kier alpha value is -2.97. The Morgan fingerprint density at radius 1 is 1.32 bits per heavy atom. The van der Waals surface area contributed by atoms with Crippen molar-refractivity contribution in [1.29, 1.82) is 0 Å².